The number of nitrogens with one attached hydrogen (secondary N) is 1. The number of thioether (sulfide) groups is 1. The lowest BCUT2D eigenvalue weighted by Gasteiger charge is -2.10. The Balaban J connectivity index is 1.82. The Morgan fingerprint density at radius 3 is 2.80 bits per heavy atom. The van der Waals surface area contributed by atoms with Gasteiger partial charge in [0, 0.05) is 18.9 Å². The van der Waals surface area contributed by atoms with Gasteiger partial charge < -0.3 is 10.1 Å². The molecule has 0 atom stereocenters. The maximum Gasteiger partial charge on any atom is 0.307 e. The van der Waals surface area contributed by atoms with Crippen molar-refractivity contribution in [3.63, 3.8) is 0 Å². The summed E-state index contributed by atoms with van der Waals surface area (Å²) in [4.78, 5) is 27.7. The number of nitrogens with zero attached hydrogens (tertiary/aromatic N) is 2. The third-order valence-corrected chi connectivity index (χ3v) is 4.30. The molecule has 1 aromatic carbocycles. The van der Waals surface area contributed by atoms with Gasteiger partial charge in [-0.15, -0.1) is 0 Å². The second kappa shape index (κ2) is 9.27. The first-order valence-corrected chi connectivity index (χ1v) is 9.14. The minimum atomic E-state index is -0.307. The Labute approximate surface area is 152 Å². The molecule has 0 aliphatic carbocycles. The Morgan fingerprint density at radius 1 is 1.32 bits per heavy atom. The zero-order valence-electron chi connectivity index (χ0n) is 14.7. The summed E-state index contributed by atoms with van der Waals surface area (Å²) in [6.07, 6.45) is 3.63. The van der Waals surface area contributed by atoms with E-state index in [-0.39, 0.29) is 36.7 Å². The molecule has 0 aliphatic heterocycles. The van der Waals surface area contributed by atoms with Crippen molar-refractivity contribution in [3.05, 3.63) is 42.2 Å². The Hall–Kier alpha value is -2.28. The maximum absolute atomic E-state index is 11.9. The van der Waals surface area contributed by atoms with Crippen LogP contribution in [0.15, 0.2) is 41.8 Å². The van der Waals surface area contributed by atoms with Crippen molar-refractivity contribution in [2.45, 2.75) is 38.5 Å². The van der Waals surface area contributed by atoms with Gasteiger partial charge in [0.25, 0.3) is 0 Å². The summed E-state index contributed by atoms with van der Waals surface area (Å²) in [6.45, 7) is 5.90. The van der Waals surface area contributed by atoms with Crippen LogP contribution in [0, 0.1) is 6.92 Å². The summed E-state index contributed by atoms with van der Waals surface area (Å²) in [5.41, 5.74) is 2.18. The zero-order chi connectivity index (χ0) is 18.2. The fourth-order valence-electron chi connectivity index (χ4n) is 2.22. The minimum absolute atomic E-state index is 0.137. The quantitative estimate of drug-likeness (QED) is 0.578. The lowest BCUT2D eigenvalue weighted by molar-refractivity contribution is -0.147. The number of amides is 1. The first-order valence-electron chi connectivity index (χ1n) is 8.15. The van der Waals surface area contributed by atoms with Crippen molar-refractivity contribution in [2.24, 2.45) is 0 Å². The van der Waals surface area contributed by atoms with Gasteiger partial charge >= 0.3 is 5.97 Å². The lowest BCUT2D eigenvalue weighted by Crippen LogP contribution is -2.28. The Morgan fingerprint density at radius 2 is 2.08 bits per heavy atom. The number of carbonyl (C=O) groups is 2. The molecule has 0 saturated carbocycles. The first kappa shape index (κ1) is 19.1. The van der Waals surface area contributed by atoms with E-state index >= 15 is 0 Å². The maximum atomic E-state index is 11.9. The van der Waals surface area contributed by atoms with Crippen LogP contribution < -0.4 is 5.32 Å². The van der Waals surface area contributed by atoms with E-state index in [1.807, 2.05) is 42.0 Å². The van der Waals surface area contributed by atoms with E-state index in [0.29, 0.717) is 0 Å². The summed E-state index contributed by atoms with van der Waals surface area (Å²) < 4.78 is 6.98. The van der Waals surface area contributed by atoms with Crippen LogP contribution in [0.5, 0.6) is 0 Å². The molecule has 0 saturated heterocycles. The van der Waals surface area contributed by atoms with E-state index in [1.54, 1.807) is 20.0 Å². The van der Waals surface area contributed by atoms with Gasteiger partial charge in [0.2, 0.25) is 5.91 Å². The molecule has 0 bridgehead atoms. The summed E-state index contributed by atoms with van der Waals surface area (Å²) >= 11 is 1.36. The van der Waals surface area contributed by atoms with Crippen LogP contribution in [0.3, 0.4) is 0 Å². The smallest absolute Gasteiger partial charge is 0.307 e. The molecule has 1 N–H and O–H groups in total. The fraction of sp³-hybridized carbons (Fsp3) is 0.389. The van der Waals surface area contributed by atoms with E-state index in [9.17, 15) is 9.59 Å². The van der Waals surface area contributed by atoms with Crippen LogP contribution in [0.25, 0.3) is 5.69 Å². The van der Waals surface area contributed by atoms with Gasteiger partial charge in [-0.1, -0.05) is 30.0 Å². The summed E-state index contributed by atoms with van der Waals surface area (Å²) in [6, 6.07) is 8.01. The molecule has 1 amide bonds. The summed E-state index contributed by atoms with van der Waals surface area (Å²) in [7, 11) is 0. The number of rotatable bonds is 8. The van der Waals surface area contributed by atoms with E-state index < -0.39 is 0 Å². The standard InChI is InChI=1S/C18H23N3O3S/c1-13(2)24-17(23)8-9-19-16(22)12-25-18-20-10-11-21(18)15-7-5-4-6-14(15)3/h4-7,10-11,13H,8-9,12H2,1-3H3,(H,19,22). The number of ether oxygens (including phenoxy) is 1. The molecule has 2 aromatic rings. The van der Waals surface area contributed by atoms with Crippen molar-refractivity contribution < 1.29 is 14.3 Å². The Kier molecular flexibility index (Phi) is 7.06. The van der Waals surface area contributed by atoms with Gasteiger partial charge in [-0.2, -0.15) is 0 Å². The van der Waals surface area contributed by atoms with Crippen LogP contribution in [-0.4, -0.2) is 39.8 Å². The van der Waals surface area contributed by atoms with Crippen LogP contribution in [0.2, 0.25) is 0 Å². The predicted molar refractivity (Wildman–Crippen MR) is 97.9 cm³/mol. The number of hydrogen-bond acceptors (Lipinski definition) is 5. The molecule has 7 heteroatoms. The summed E-state index contributed by atoms with van der Waals surface area (Å²) in [5.74, 6) is -0.206. The van der Waals surface area contributed by atoms with Crippen molar-refractivity contribution in [3.8, 4) is 5.69 Å². The van der Waals surface area contributed by atoms with E-state index in [1.165, 1.54) is 11.8 Å². The normalized spacial score (nSPS) is 10.7. The molecule has 0 aliphatic rings. The average molecular weight is 361 g/mol. The highest BCUT2D eigenvalue weighted by molar-refractivity contribution is 7.99. The van der Waals surface area contributed by atoms with Crippen LogP contribution in [-0.2, 0) is 14.3 Å². The number of carbonyl (C=O) groups excluding carboxylic acids is 2. The molecule has 6 nitrogen and oxygen atoms in total. The highest BCUT2D eigenvalue weighted by Gasteiger charge is 2.11. The number of para-hydroxylation sites is 1. The molecular formula is C18H23N3O3S. The average Bonchev–Trinajstić information content (AvgIpc) is 3.01. The minimum Gasteiger partial charge on any atom is -0.463 e. The number of esters is 1. The molecule has 25 heavy (non-hydrogen) atoms. The van der Waals surface area contributed by atoms with Gasteiger partial charge in [0.1, 0.15) is 0 Å². The topological polar surface area (TPSA) is 73.2 Å². The molecule has 0 spiro atoms. The molecule has 0 fully saturated rings. The van der Waals surface area contributed by atoms with Gasteiger partial charge in [-0.3, -0.25) is 14.2 Å². The van der Waals surface area contributed by atoms with Gasteiger partial charge in [0.15, 0.2) is 5.16 Å². The van der Waals surface area contributed by atoms with Crippen LogP contribution in [0.1, 0.15) is 25.8 Å². The van der Waals surface area contributed by atoms with Crippen LogP contribution >= 0.6 is 11.8 Å². The highest BCUT2D eigenvalue weighted by atomic mass is 32.2. The second-order valence-corrected chi connectivity index (χ2v) is 6.74. The number of imidazole rings is 1. The number of hydrogen-bond donors (Lipinski definition) is 1. The molecule has 1 aromatic heterocycles. The second-order valence-electron chi connectivity index (χ2n) is 5.79. The fourth-order valence-corrected chi connectivity index (χ4v) is 3.02. The number of benzene rings is 1. The van der Waals surface area contributed by atoms with E-state index in [0.717, 1.165) is 16.4 Å². The monoisotopic (exact) mass is 361 g/mol. The lowest BCUT2D eigenvalue weighted by atomic mass is 10.2. The number of aryl methyl sites for hydroxylation is 1. The van der Waals surface area contributed by atoms with E-state index in [2.05, 4.69) is 10.3 Å². The third-order valence-electron chi connectivity index (χ3n) is 3.33. The molecule has 1 heterocycles. The van der Waals surface area contributed by atoms with Gasteiger partial charge in [0.05, 0.1) is 24.0 Å². The molecule has 0 unspecified atom stereocenters. The largest absolute Gasteiger partial charge is 0.463 e. The van der Waals surface area contributed by atoms with Crippen molar-refractivity contribution in [2.75, 3.05) is 12.3 Å². The van der Waals surface area contributed by atoms with E-state index in [4.69, 9.17) is 4.74 Å². The van der Waals surface area contributed by atoms with Crippen molar-refractivity contribution in [1.82, 2.24) is 14.9 Å². The van der Waals surface area contributed by atoms with Crippen molar-refractivity contribution >= 4 is 23.6 Å². The summed E-state index contributed by atoms with van der Waals surface area (Å²) in [5, 5.41) is 3.48. The molecular weight excluding hydrogens is 338 g/mol. The zero-order valence-corrected chi connectivity index (χ0v) is 15.5. The molecule has 134 valence electrons. The third kappa shape index (κ3) is 5.94. The molecule has 2 rings (SSSR count). The molecule has 0 radical (unpaired) electrons. The van der Waals surface area contributed by atoms with Gasteiger partial charge in [-0.05, 0) is 32.4 Å². The first-order chi connectivity index (χ1) is 12.0. The SMILES string of the molecule is Cc1ccccc1-n1ccnc1SCC(=O)NCCC(=O)OC(C)C. The van der Waals surface area contributed by atoms with Crippen LogP contribution in [0.4, 0.5) is 0 Å². The highest BCUT2D eigenvalue weighted by Crippen LogP contribution is 2.22. The number of aromatic nitrogens is 2. The predicted octanol–water partition coefficient (Wildman–Crippen LogP) is 2.73. The Bertz CT molecular complexity index is 728. The van der Waals surface area contributed by atoms with Gasteiger partial charge in [-0.25, -0.2) is 4.98 Å². The van der Waals surface area contributed by atoms with Crippen molar-refractivity contribution in [1.29, 1.82) is 0 Å².